The largest absolute Gasteiger partial charge is 0.497 e. The molecule has 2 amide bonds. The number of carbonyl (C=O) groups excluding carboxylic acids is 2. The van der Waals surface area contributed by atoms with Crippen LogP contribution in [0.25, 0.3) is 0 Å². The van der Waals surface area contributed by atoms with Gasteiger partial charge in [0.1, 0.15) is 17.5 Å². The Morgan fingerprint density at radius 2 is 1.70 bits per heavy atom. The van der Waals surface area contributed by atoms with Crippen LogP contribution in [0.4, 0.5) is 0 Å². The molecule has 3 rings (SSSR count). The zero-order valence-electron chi connectivity index (χ0n) is 21.9. The van der Waals surface area contributed by atoms with Gasteiger partial charge in [0.05, 0.1) is 11.6 Å². The summed E-state index contributed by atoms with van der Waals surface area (Å²) in [6, 6.07) is 22.4. The average Bonchev–Trinajstić information content (AvgIpc) is 2.90. The first-order valence-corrected chi connectivity index (χ1v) is 13.3. The van der Waals surface area contributed by atoms with Gasteiger partial charge in [0.25, 0.3) is 5.91 Å². The molecule has 0 fully saturated rings. The highest BCUT2D eigenvalue weighted by Gasteiger charge is 2.30. The fourth-order valence-corrected chi connectivity index (χ4v) is 4.54. The number of amides is 2. The molecule has 0 bridgehead atoms. The van der Waals surface area contributed by atoms with E-state index >= 15 is 0 Å². The summed E-state index contributed by atoms with van der Waals surface area (Å²) in [4.78, 5) is 28.5. The van der Waals surface area contributed by atoms with Gasteiger partial charge >= 0.3 is 0 Å². The van der Waals surface area contributed by atoms with E-state index in [1.807, 2.05) is 79.7 Å². The highest BCUT2D eigenvalue weighted by atomic mass is 79.9. The number of nitrogens with zero attached hydrogens (tertiary/aromatic N) is 1. The monoisotopic (exact) mass is 566 g/mol. The lowest BCUT2D eigenvalue weighted by molar-refractivity contribution is -0.142. The highest BCUT2D eigenvalue weighted by molar-refractivity contribution is 9.10. The SMILES string of the molecule is CCNC(=O)C(Cc1ccccc1)N(Cc1cccc(OC)c1)C(=O)COc1ccc(C(C)C)cc1Br. The number of ether oxygens (including phenoxy) is 2. The van der Waals surface area contributed by atoms with Crippen molar-refractivity contribution in [2.24, 2.45) is 0 Å². The van der Waals surface area contributed by atoms with Crippen LogP contribution in [-0.2, 0) is 22.6 Å². The molecule has 0 radical (unpaired) electrons. The number of rotatable bonds is 12. The Balaban J connectivity index is 1.90. The Morgan fingerprint density at radius 3 is 2.35 bits per heavy atom. The van der Waals surface area contributed by atoms with Crippen molar-refractivity contribution in [2.45, 2.75) is 45.7 Å². The van der Waals surface area contributed by atoms with Crippen molar-refractivity contribution in [2.75, 3.05) is 20.3 Å². The van der Waals surface area contributed by atoms with E-state index in [1.165, 1.54) is 5.56 Å². The number of hydrogen-bond acceptors (Lipinski definition) is 4. The lowest BCUT2D eigenvalue weighted by Gasteiger charge is -2.31. The molecule has 0 spiro atoms. The summed E-state index contributed by atoms with van der Waals surface area (Å²) < 4.78 is 12.1. The summed E-state index contributed by atoms with van der Waals surface area (Å²) >= 11 is 3.56. The van der Waals surface area contributed by atoms with Crippen LogP contribution in [0, 0.1) is 0 Å². The van der Waals surface area contributed by atoms with E-state index in [1.54, 1.807) is 12.0 Å². The summed E-state index contributed by atoms with van der Waals surface area (Å²) in [5, 5.41) is 2.90. The minimum Gasteiger partial charge on any atom is -0.497 e. The van der Waals surface area contributed by atoms with Gasteiger partial charge in [0.2, 0.25) is 5.91 Å². The predicted molar refractivity (Wildman–Crippen MR) is 150 cm³/mol. The fourth-order valence-electron chi connectivity index (χ4n) is 4.03. The van der Waals surface area contributed by atoms with Crippen molar-refractivity contribution < 1.29 is 19.1 Å². The highest BCUT2D eigenvalue weighted by Crippen LogP contribution is 2.29. The van der Waals surface area contributed by atoms with Crippen molar-refractivity contribution in [3.63, 3.8) is 0 Å². The number of carbonyl (C=O) groups is 2. The third kappa shape index (κ3) is 8.09. The summed E-state index contributed by atoms with van der Waals surface area (Å²) in [7, 11) is 1.60. The minimum atomic E-state index is -0.712. The molecule has 1 atom stereocenters. The molecule has 7 heteroatoms. The lowest BCUT2D eigenvalue weighted by Crippen LogP contribution is -2.51. The molecule has 0 aliphatic carbocycles. The second-order valence-corrected chi connectivity index (χ2v) is 9.96. The van der Waals surface area contributed by atoms with Crippen LogP contribution >= 0.6 is 15.9 Å². The van der Waals surface area contributed by atoms with Crippen molar-refractivity contribution in [3.05, 3.63) is 94.0 Å². The van der Waals surface area contributed by atoms with Gasteiger partial charge in [0, 0.05) is 19.5 Å². The molecule has 0 aliphatic heterocycles. The molecule has 0 saturated heterocycles. The van der Waals surface area contributed by atoms with Gasteiger partial charge in [-0.05, 0) is 69.7 Å². The van der Waals surface area contributed by atoms with Crippen molar-refractivity contribution in [1.82, 2.24) is 10.2 Å². The smallest absolute Gasteiger partial charge is 0.261 e. The van der Waals surface area contributed by atoms with Gasteiger partial charge in [-0.2, -0.15) is 0 Å². The fraction of sp³-hybridized carbons (Fsp3) is 0.333. The van der Waals surface area contributed by atoms with Gasteiger partial charge in [-0.15, -0.1) is 0 Å². The maximum absolute atomic E-state index is 13.7. The van der Waals surface area contributed by atoms with Crippen LogP contribution in [0.5, 0.6) is 11.5 Å². The Hall–Kier alpha value is -3.32. The van der Waals surface area contributed by atoms with Crippen LogP contribution in [0.3, 0.4) is 0 Å². The Kier molecular flexibility index (Phi) is 10.6. The Morgan fingerprint density at radius 1 is 0.973 bits per heavy atom. The third-order valence-electron chi connectivity index (χ3n) is 6.08. The zero-order chi connectivity index (χ0) is 26.8. The molecule has 0 aliphatic rings. The standard InChI is InChI=1S/C30H35BrN2O4/c1-5-32-30(35)27(17-22-10-7-6-8-11-22)33(19-23-12-9-13-25(16-23)36-4)29(34)20-37-28-15-14-24(21(2)3)18-26(28)31/h6-16,18,21,27H,5,17,19-20H2,1-4H3,(H,32,35). The van der Waals surface area contributed by atoms with E-state index in [0.29, 0.717) is 30.4 Å². The molecule has 3 aromatic rings. The van der Waals surface area contributed by atoms with Gasteiger partial charge in [-0.25, -0.2) is 0 Å². The van der Waals surface area contributed by atoms with Crippen LogP contribution in [0.2, 0.25) is 0 Å². The molecule has 0 saturated carbocycles. The van der Waals surface area contributed by atoms with Crippen LogP contribution in [0.15, 0.2) is 77.3 Å². The molecule has 6 nitrogen and oxygen atoms in total. The Bertz CT molecular complexity index is 1180. The maximum atomic E-state index is 13.7. The quantitative estimate of drug-likeness (QED) is 0.303. The van der Waals surface area contributed by atoms with Gasteiger partial charge < -0.3 is 19.7 Å². The first kappa shape index (κ1) is 28.3. The molecule has 196 valence electrons. The molecule has 0 heterocycles. The summed E-state index contributed by atoms with van der Waals surface area (Å²) in [6.07, 6.45) is 0.384. The van der Waals surface area contributed by atoms with E-state index in [2.05, 4.69) is 35.1 Å². The van der Waals surface area contributed by atoms with Crippen molar-refractivity contribution >= 4 is 27.7 Å². The average molecular weight is 568 g/mol. The van der Waals surface area contributed by atoms with Crippen LogP contribution in [0.1, 0.15) is 43.4 Å². The lowest BCUT2D eigenvalue weighted by atomic mass is 10.0. The number of hydrogen-bond donors (Lipinski definition) is 1. The van der Waals surface area contributed by atoms with Crippen molar-refractivity contribution in [1.29, 1.82) is 0 Å². The number of nitrogens with one attached hydrogen (secondary N) is 1. The van der Waals surface area contributed by atoms with Crippen molar-refractivity contribution in [3.8, 4) is 11.5 Å². The Labute approximate surface area is 228 Å². The number of benzene rings is 3. The summed E-state index contributed by atoms with van der Waals surface area (Å²) in [5.41, 5.74) is 3.00. The van der Waals surface area contributed by atoms with E-state index in [4.69, 9.17) is 9.47 Å². The van der Waals surface area contributed by atoms with Crippen LogP contribution < -0.4 is 14.8 Å². The maximum Gasteiger partial charge on any atom is 0.261 e. The van der Waals surface area contributed by atoms with E-state index in [9.17, 15) is 9.59 Å². The number of methoxy groups -OCH3 is 1. The molecule has 1 unspecified atom stereocenters. The number of likely N-dealkylation sites (N-methyl/N-ethyl adjacent to an activating group) is 1. The van der Waals surface area contributed by atoms with Gasteiger partial charge in [-0.1, -0.05) is 62.4 Å². The second-order valence-electron chi connectivity index (χ2n) is 9.11. The molecule has 1 N–H and O–H groups in total. The number of halogens is 1. The molecular formula is C30H35BrN2O4. The first-order valence-electron chi connectivity index (χ1n) is 12.5. The molecular weight excluding hydrogens is 532 g/mol. The van der Waals surface area contributed by atoms with Gasteiger partial charge in [0.15, 0.2) is 6.61 Å². The predicted octanol–water partition coefficient (Wildman–Crippen LogP) is 5.74. The van der Waals surface area contributed by atoms with E-state index in [-0.39, 0.29) is 25.0 Å². The zero-order valence-corrected chi connectivity index (χ0v) is 23.5. The summed E-state index contributed by atoms with van der Waals surface area (Å²) in [6.45, 7) is 6.62. The first-order chi connectivity index (χ1) is 17.8. The molecule has 0 aromatic heterocycles. The van der Waals surface area contributed by atoms with E-state index < -0.39 is 6.04 Å². The minimum absolute atomic E-state index is 0.200. The second kappa shape index (κ2) is 13.8. The third-order valence-corrected chi connectivity index (χ3v) is 6.70. The van der Waals surface area contributed by atoms with Crippen LogP contribution in [-0.4, -0.2) is 43.0 Å². The molecule has 3 aromatic carbocycles. The van der Waals surface area contributed by atoms with E-state index in [0.717, 1.165) is 15.6 Å². The normalized spacial score (nSPS) is 11.6. The summed E-state index contributed by atoms with van der Waals surface area (Å²) in [5.74, 6) is 1.16. The topological polar surface area (TPSA) is 67.9 Å². The molecule has 37 heavy (non-hydrogen) atoms. The van der Waals surface area contributed by atoms with Gasteiger partial charge in [-0.3, -0.25) is 9.59 Å².